The number of halogens is 2. The van der Waals surface area contributed by atoms with Gasteiger partial charge < -0.3 is 14.8 Å². The molecule has 0 unspecified atom stereocenters. The molecular weight excluding hydrogens is 304 g/mol. The predicted molar refractivity (Wildman–Crippen MR) is 83.0 cm³/mol. The number of nitrogens with one attached hydrogen (secondary N) is 1. The van der Waals surface area contributed by atoms with Crippen molar-refractivity contribution in [1.29, 1.82) is 0 Å². The summed E-state index contributed by atoms with van der Waals surface area (Å²) in [4.78, 5) is 12.1. The number of ketones is 1. The fraction of sp³-hybridized carbons (Fsp3) is 0.118. The minimum atomic E-state index is -0.702. The van der Waals surface area contributed by atoms with E-state index in [1.807, 2.05) is 0 Å². The summed E-state index contributed by atoms with van der Waals surface area (Å²) in [7, 11) is 2.98. The summed E-state index contributed by atoms with van der Waals surface area (Å²) < 4.78 is 36.3. The van der Waals surface area contributed by atoms with Gasteiger partial charge in [0, 0.05) is 29.6 Å². The third kappa shape index (κ3) is 4.29. The topological polar surface area (TPSA) is 47.6 Å². The zero-order valence-electron chi connectivity index (χ0n) is 12.6. The molecule has 2 aromatic carbocycles. The second-order valence-corrected chi connectivity index (χ2v) is 4.57. The lowest BCUT2D eigenvalue weighted by molar-refractivity contribution is 0.104. The molecule has 0 heterocycles. The number of methoxy groups -OCH3 is 2. The van der Waals surface area contributed by atoms with Crippen LogP contribution in [0, 0.1) is 11.6 Å². The number of carbonyl (C=O) groups excluding carboxylic acids is 1. The average Bonchev–Trinajstić information content (AvgIpc) is 2.53. The van der Waals surface area contributed by atoms with E-state index in [1.54, 1.807) is 18.2 Å². The van der Waals surface area contributed by atoms with Crippen LogP contribution in [0.1, 0.15) is 10.4 Å². The molecule has 0 aliphatic carbocycles. The van der Waals surface area contributed by atoms with Gasteiger partial charge in [-0.3, -0.25) is 4.79 Å². The van der Waals surface area contributed by atoms with E-state index < -0.39 is 11.6 Å². The number of hydrogen-bond donors (Lipinski definition) is 1. The number of benzene rings is 2. The Balaban J connectivity index is 2.09. The normalized spacial score (nSPS) is 10.6. The van der Waals surface area contributed by atoms with Crippen molar-refractivity contribution in [2.45, 2.75) is 0 Å². The number of ether oxygens (including phenoxy) is 2. The van der Waals surface area contributed by atoms with E-state index in [2.05, 4.69) is 5.32 Å². The van der Waals surface area contributed by atoms with Crippen molar-refractivity contribution >= 4 is 11.5 Å². The van der Waals surface area contributed by atoms with Gasteiger partial charge in [-0.05, 0) is 30.3 Å². The van der Waals surface area contributed by atoms with E-state index >= 15 is 0 Å². The Kier molecular flexibility index (Phi) is 5.30. The molecule has 0 fully saturated rings. The lowest BCUT2D eigenvalue weighted by Crippen LogP contribution is -1.99. The van der Waals surface area contributed by atoms with Gasteiger partial charge in [0.1, 0.15) is 11.6 Å². The summed E-state index contributed by atoms with van der Waals surface area (Å²) in [5.41, 5.74) is 0.602. The smallest absolute Gasteiger partial charge is 0.187 e. The number of carbonyl (C=O) groups is 1. The van der Waals surface area contributed by atoms with Crippen LogP contribution in [-0.2, 0) is 0 Å². The summed E-state index contributed by atoms with van der Waals surface area (Å²) >= 11 is 0. The van der Waals surface area contributed by atoms with E-state index in [1.165, 1.54) is 26.5 Å². The highest BCUT2D eigenvalue weighted by Gasteiger charge is 2.08. The SMILES string of the molecule is COc1ccc(C(=O)/C=C/Nc2cc(F)cc(F)c2)cc1OC. The van der Waals surface area contributed by atoms with Gasteiger partial charge in [-0.2, -0.15) is 0 Å². The zero-order chi connectivity index (χ0) is 16.8. The first-order chi connectivity index (χ1) is 11.0. The summed E-state index contributed by atoms with van der Waals surface area (Å²) in [6, 6.07) is 7.77. The van der Waals surface area contributed by atoms with Crippen molar-refractivity contribution in [1.82, 2.24) is 0 Å². The molecule has 0 aliphatic heterocycles. The number of anilines is 1. The average molecular weight is 319 g/mol. The monoisotopic (exact) mass is 319 g/mol. The van der Waals surface area contributed by atoms with Crippen LogP contribution in [0.2, 0.25) is 0 Å². The minimum absolute atomic E-state index is 0.207. The fourth-order valence-electron chi connectivity index (χ4n) is 1.94. The van der Waals surface area contributed by atoms with Crippen molar-refractivity contribution in [3.63, 3.8) is 0 Å². The lowest BCUT2D eigenvalue weighted by Gasteiger charge is -2.08. The molecule has 23 heavy (non-hydrogen) atoms. The van der Waals surface area contributed by atoms with Crippen molar-refractivity contribution in [3.05, 3.63) is 65.9 Å². The highest BCUT2D eigenvalue weighted by Crippen LogP contribution is 2.27. The molecule has 2 aromatic rings. The quantitative estimate of drug-likeness (QED) is 0.650. The van der Waals surface area contributed by atoms with Crippen molar-refractivity contribution in [2.24, 2.45) is 0 Å². The summed E-state index contributed by atoms with van der Waals surface area (Å²) in [5.74, 6) is -0.747. The molecule has 4 nitrogen and oxygen atoms in total. The summed E-state index contributed by atoms with van der Waals surface area (Å²) in [5, 5.41) is 2.64. The van der Waals surface area contributed by atoms with Gasteiger partial charge in [-0.25, -0.2) is 8.78 Å². The molecule has 0 saturated heterocycles. The van der Waals surface area contributed by atoms with E-state index in [0.717, 1.165) is 18.2 Å². The van der Waals surface area contributed by atoms with Crippen molar-refractivity contribution < 1.29 is 23.0 Å². The van der Waals surface area contributed by atoms with Gasteiger partial charge >= 0.3 is 0 Å². The molecule has 1 N–H and O–H groups in total. The minimum Gasteiger partial charge on any atom is -0.493 e. The van der Waals surface area contributed by atoms with Gasteiger partial charge in [0.15, 0.2) is 17.3 Å². The highest BCUT2D eigenvalue weighted by molar-refractivity contribution is 6.05. The molecule has 0 spiro atoms. The molecule has 0 radical (unpaired) electrons. The molecule has 0 bridgehead atoms. The summed E-state index contributed by atoms with van der Waals surface area (Å²) in [6.07, 6.45) is 2.57. The Bertz CT molecular complexity index is 724. The molecule has 0 atom stereocenters. The highest BCUT2D eigenvalue weighted by atomic mass is 19.1. The van der Waals surface area contributed by atoms with Gasteiger partial charge in [-0.15, -0.1) is 0 Å². The third-order valence-electron chi connectivity index (χ3n) is 3.02. The Morgan fingerprint density at radius 2 is 1.65 bits per heavy atom. The molecule has 6 heteroatoms. The predicted octanol–water partition coefficient (Wildman–Crippen LogP) is 3.79. The maximum absolute atomic E-state index is 13.0. The Hall–Kier alpha value is -2.89. The Morgan fingerprint density at radius 3 is 2.26 bits per heavy atom. The molecule has 120 valence electrons. The summed E-state index contributed by atoms with van der Waals surface area (Å²) in [6.45, 7) is 0. The van der Waals surface area contributed by atoms with Crippen LogP contribution in [0.15, 0.2) is 48.7 Å². The van der Waals surface area contributed by atoms with Crippen LogP contribution in [0.25, 0.3) is 0 Å². The second-order valence-electron chi connectivity index (χ2n) is 4.57. The van der Waals surface area contributed by atoms with Gasteiger partial charge in [0.05, 0.1) is 14.2 Å². The molecule has 0 saturated carbocycles. The first kappa shape index (κ1) is 16.5. The van der Waals surface area contributed by atoms with Crippen LogP contribution in [0.5, 0.6) is 11.5 Å². The number of hydrogen-bond acceptors (Lipinski definition) is 4. The number of allylic oxidation sites excluding steroid dienone is 1. The Morgan fingerprint density at radius 1 is 1.00 bits per heavy atom. The third-order valence-corrected chi connectivity index (χ3v) is 3.02. The van der Waals surface area contributed by atoms with E-state index in [0.29, 0.717) is 17.1 Å². The first-order valence-corrected chi connectivity index (χ1v) is 6.69. The lowest BCUT2D eigenvalue weighted by atomic mass is 10.1. The van der Waals surface area contributed by atoms with Gasteiger partial charge in [0.25, 0.3) is 0 Å². The molecule has 0 aliphatic rings. The van der Waals surface area contributed by atoms with Crippen molar-refractivity contribution in [3.8, 4) is 11.5 Å². The largest absolute Gasteiger partial charge is 0.493 e. The maximum Gasteiger partial charge on any atom is 0.187 e. The van der Waals surface area contributed by atoms with E-state index in [4.69, 9.17) is 9.47 Å². The standard InChI is InChI=1S/C17H15F2NO3/c1-22-16-4-3-11(7-17(16)23-2)15(21)5-6-20-14-9-12(18)8-13(19)10-14/h3-10,20H,1-2H3/b6-5+. The van der Waals surface area contributed by atoms with E-state index in [9.17, 15) is 13.6 Å². The molecular formula is C17H15F2NO3. The fourth-order valence-corrected chi connectivity index (χ4v) is 1.94. The molecule has 0 aromatic heterocycles. The van der Waals surface area contributed by atoms with Gasteiger partial charge in [0.2, 0.25) is 0 Å². The zero-order valence-corrected chi connectivity index (χ0v) is 12.6. The van der Waals surface area contributed by atoms with Crippen LogP contribution < -0.4 is 14.8 Å². The maximum atomic E-state index is 13.0. The molecule has 0 amide bonds. The van der Waals surface area contributed by atoms with Crippen LogP contribution in [-0.4, -0.2) is 20.0 Å². The Labute approximate surface area is 132 Å². The van der Waals surface area contributed by atoms with Crippen LogP contribution in [0.4, 0.5) is 14.5 Å². The van der Waals surface area contributed by atoms with Crippen molar-refractivity contribution in [2.75, 3.05) is 19.5 Å². The van der Waals surface area contributed by atoms with Crippen LogP contribution >= 0.6 is 0 Å². The van der Waals surface area contributed by atoms with E-state index in [-0.39, 0.29) is 11.5 Å². The second kappa shape index (κ2) is 7.40. The number of rotatable bonds is 6. The molecule has 2 rings (SSSR count). The van der Waals surface area contributed by atoms with Gasteiger partial charge in [-0.1, -0.05) is 0 Å². The first-order valence-electron chi connectivity index (χ1n) is 6.69. The van der Waals surface area contributed by atoms with Crippen LogP contribution in [0.3, 0.4) is 0 Å².